The Hall–Kier alpha value is -2.33. The van der Waals surface area contributed by atoms with Crippen molar-refractivity contribution in [1.29, 1.82) is 0 Å². The van der Waals surface area contributed by atoms with Crippen molar-refractivity contribution in [3.63, 3.8) is 0 Å². The summed E-state index contributed by atoms with van der Waals surface area (Å²) in [6, 6.07) is 14.7. The van der Waals surface area contributed by atoms with Crippen LogP contribution in [0.1, 0.15) is 16.1 Å². The number of halogens is 1. The zero-order chi connectivity index (χ0) is 14.1. The Kier molecular flexibility index (Phi) is 3.16. The second-order valence-corrected chi connectivity index (χ2v) is 4.89. The first-order chi connectivity index (χ1) is 9.65. The molecule has 1 N–H and O–H groups in total. The Morgan fingerprint density at radius 3 is 2.75 bits per heavy atom. The van der Waals surface area contributed by atoms with Gasteiger partial charge in [0.05, 0.1) is 12.1 Å². The van der Waals surface area contributed by atoms with Crippen LogP contribution in [0.3, 0.4) is 0 Å². The molecule has 1 heterocycles. The Morgan fingerprint density at radius 2 is 2.00 bits per heavy atom. The zero-order valence-electron chi connectivity index (χ0n) is 10.5. The molecule has 20 heavy (non-hydrogen) atoms. The van der Waals surface area contributed by atoms with Crippen LogP contribution in [-0.4, -0.2) is 20.9 Å². The number of aromatic carboxylic acids is 1. The van der Waals surface area contributed by atoms with E-state index in [1.165, 1.54) is 0 Å². The fraction of sp³-hybridized carbons (Fsp3) is 0.0667. The van der Waals surface area contributed by atoms with Crippen molar-refractivity contribution >= 4 is 28.5 Å². The number of fused-ring (bicyclic) bond motifs is 1. The molecule has 4 nitrogen and oxygen atoms in total. The van der Waals surface area contributed by atoms with Crippen LogP contribution < -0.4 is 0 Å². The molecule has 5 heteroatoms. The average Bonchev–Trinajstić information content (AvgIpc) is 2.78. The summed E-state index contributed by atoms with van der Waals surface area (Å²) < 4.78 is 1.68. The summed E-state index contributed by atoms with van der Waals surface area (Å²) in [4.78, 5) is 11.2. The number of hydrogen-bond acceptors (Lipinski definition) is 2. The van der Waals surface area contributed by atoms with E-state index in [4.69, 9.17) is 11.6 Å². The summed E-state index contributed by atoms with van der Waals surface area (Å²) in [6.07, 6.45) is 0. The van der Waals surface area contributed by atoms with Crippen molar-refractivity contribution in [2.75, 3.05) is 0 Å². The van der Waals surface area contributed by atoms with Gasteiger partial charge in [-0.15, -0.1) is 0 Å². The van der Waals surface area contributed by atoms with E-state index >= 15 is 0 Å². The summed E-state index contributed by atoms with van der Waals surface area (Å²) >= 11 is 5.96. The molecule has 3 rings (SSSR count). The molecule has 0 unspecified atom stereocenters. The van der Waals surface area contributed by atoms with Crippen LogP contribution in [0.4, 0.5) is 0 Å². The van der Waals surface area contributed by atoms with Crippen molar-refractivity contribution in [3.05, 3.63) is 64.8 Å². The quantitative estimate of drug-likeness (QED) is 0.802. The molecule has 0 fully saturated rings. The largest absolute Gasteiger partial charge is 0.476 e. The fourth-order valence-electron chi connectivity index (χ4n) is 2.21. The Bertz CT molecular complexity index is 795. The van der Waals surface area contributed by atoms with Crippen molar-refractivity contribution in [2.24, 2.45) is 0 Å². The number of carboxylic acids is 1. The van der Waals surface area contributed by atoms with Gasteiger partial charge in [-0.3, -0.25) is 4.68 Å². The maximum absolute atomic E-state index is 11.2. The predicted molar refractivity (Wildman–Crippen MR) is 77.2 cm³/mol. The lowest BCUT2D eigenvalue weighted by molar-refractivity contribution is 0.0691. The third-order valence-corrected chi connectivity index (χ3v) is 3.32. The average molecular weight is 287 g/mol. The van der Waals surface area contributed by atoms with Gasteiger partial charge in [-0.1, -0.05) is 41.9 Å². The third-order valence-electron chi connectivity index (χ3n) is 3.08. The molecule has 0 amide bonds. The SMILES string of the molecule is O=C(O)c1nn(Cc2cccc(Cl)c2)c2ccccc12. The molecule has 2 aromatic carbocycles. The lowest BCUT2D eigenvalue weighted by Gasteiger charge is -2.04. The van der Waals surface area contributed by atoms with Gasteiger partial charge in [0, 0.05) is 10.4 Å². The maximum Gasteiger partial charge on any atom is 0.357 e. The van der Waals surface area contributed by atoms with E-state index in [0.29, 0.717) is 17.0 Å². The fourth-order valence-corrected chi connectivity index (χ4v) is 2.43. The van der Waals surface area contributed by atoms with E-state index in [9.17, 15) is 9.90 Å². The molecule has 0 aliphatic heterocycles. The molecule has 0 aliphatic rings. The van der Waals surface area contributed by atoms with Crippen molar-refractivity contribution in [3.8, 4) is 0 Å². The number of aromatic nitrogens is 2. The van der Waals surface area contributed by atoms with Gasteiger partial charge in [0.1, 0.15) is 0 Å². The maximum atomic E-state index is 11.2. The highest BCUT2D eigenvalue weighted by Gasteiger charge is 2.15. The summed E-state index contributed by atoms with van der Waals surface area (Å²) in [5.41, 5.74) is 1.84. The number of carbonyl (C=O) groups is 1. The second-order valence-electron chi connectivity index (χ2n) is 4.46. The van der Waals surface area contributed by atoms with Crippen molar-refractivity contribution < 1.29 is 9.90 Å². The smallest absolute Gasteiger partial charge is 0.357 e. The summed E-state index contributed by atoms with van der Waals surface area (Å²) in [5.74, 6) is -1.02. The first-order valence-electron chi connectivity index (χ1n) is 6.08. The molecule has 1 aromatic heterocycles. The van der Waals surface area contributed by atoms with Gasteiger partial charge in [-0.2, -0.15) is 5.10 Å². The van der Waals surface area contributed by atoms with Gasteiger partial charge in [0.25, 0.3) is 0 Å². The number of benzene rings is 2. The second kappa shape index (κ2) is 4.98. The minimum atomic E-state index is -1.02. The minimum Gasteiger partial charge on any atom is -0.476 e. The molecule has 3 aromatic rings. The van der Waals surface area contributed by atoms with Crippen LogP contribution in [0.2, 0.25) is 5.02 Å². The van der Waals surface area contributed by atoms with E-state index < -0.39 is 5.97 Å². The highest BCUT2D eigenvalue weighted by Crippen LogP contribution is 2.20. The lowest BCUT2D eigenvalue weighted by atomic mass is 10.2. The van der Waals surface area contributed by atoms with E-state index in [1.807, 2.05) is 30.3 Å². The van der Waals surface area contributed by atoms with Crippen LogP contribution in [0.5, 0.6) is 0 Å². The number of carboxylic acid groups (broad SMARTS) is 1. The first kappa shape index (κ1) is 12.7. The highest BCUT2D eigenvalue weighted by molar-refractivity contribution is 6.30. The van der Waals surface area contributed by atoms with Gasteiger partial charge in [-0.05, 0) is 23.8 Å². The van der Waals surface area contributed by atoms with Gasteiger partial charge >= 0.3 is 5.97 Å². The van der Waals surface area contributed by atoms with Crippen LogP contribution in [-0.2, 0) is 6.54 Å². The molecule has 0 saturated carbocycles. The summed E-state index contributed by atoms with van der Waals surface area (Å²) in [6.45, 7) is 0.481. The lowest BCUT2D eigenvalue weighted by Crippen LogP contribution is -2.04. The molecule has 100 valence electrons. The zero-order valence-corrected chi connectivity index (χ0v) is 11.2. The van der Waals surface area contributed by atoms with E-state index in [2.05, 4.69) is 5.10 Å². The standard InChI is InChI=1S/C15H11ClN2O2/c16-11-5-3-4-10(8-11)9-18-13-7-2-1-6-12(13)14(17-18)15(19)20/h1-8H,9H2,(H,19,20). The number of hydrogen-bond donors (Lipinski definition) is 1. The van der Waals surface area contributed by atoms with E-state index in [-0.39, 0.29) is 5.69 Å². The monoisotopic (exact) mass is 286 g/mol. The van der Waals surface area contributed by atoms with Crippen molar-refractivity contribution in [1.82, 2.24) is 9.78 Å². The first-order valence-corrected chi connectivity index (χ1v) is 6.46. The molecule has 0 aliphatic carbocycles. The van der Waals surface area contributed by atoms with Crippen LogP contribution in [0, 0.1) is 0 Å². The van der Waals surface area contributed by atoms with Crippen LogP contribution in [0.15, 0.2) is 48.5 Å². The molecule has 0 spiro atoms. The van der Waals surface area contributed by atoms with Crippen LogP contribution >= 0.6 is 11.6 Å². The molecular formula is C15H11ClN2O2. The minimum absolute atomic E-state index is 0.0719. The Labute approximate surface area is 120 Å². The topological polar surface area (TPSA) is 55.1 Å². The molecular weight excluding hydrogens is 276 g/mol. The third kappa shape index (κ3) is 2.26. The number of para-hydroxylation sites is 1. The number of rotatable bonds is 3. The van der Waals surface area contributed by atoms with Crippen molar-refractivity contribution in [2.45, 2.75) is 6.54 Å². The Balaban J connectivity index is 2.10. The molecule has 0 saturated heterocycles. The molecule has 0 atom stereocenters. The van der Waals surface area contributed by atoms with Gasteiger partial charge in [0.2, 0.25) is 0 Å². The normalized spacial score (nSPS) is 10.8. The van der Waals surface area contributed by atoms with Crippen LogP contribution in [0.25, 0.3) is 10.9 Å². The summed E-state index contributed by atoms with van der Waals surface area (Å²) in [5, 5.41) is 14.7. The Morgan fingerprint density at radius 1 is 1.20 bits per heavy atom. The van der Waals surface area contributed by atoms with Gasteiger partial charge in [-0.25, -0.2) is 4.79 Å². The highest BCUT2D eigenvalue weighted by atomic mass is 35.5. The van der Waals surface area contributed by atoms with E-state index in [0.717, 1.165) is 11.1 Å². The molecule has 0 radical (unpaired) electrons. The van der Waals surface area contributed by atoms with Gasteiger partial charge in [0.15, 0.2) is 5.69 Å². The molecule has 0 bridgehead atoms. The summed E-state index contributed by atoms with van der Waals surface area (Å²) in [7, 11) is 0. The van der Waals surface area contributed by atoms with Gasteiger partial charge < -0.3 is 5.11 Å². The number of nitrogens with zero attached hydrogens (tertiary/aromatic N) is 2. The predicted octanol–water partition coefficient (Wildman–Crippen LogP) is 3.44. The van der Waals surface area contributed by atoms with E-state index in [1.54, 1.807) is 22.9 Å².